The summed E-state index contributed by atoms with van der Waals surface area (Å²) >= 11 is 0. The number of nitrogens with one attached hydrogen (secondary N) is 3. The lowest BCUT2D eigenvalue weighted by Gasteiger charge is -2.08. The summed E-state index contributed by atoms with van der Waals surface area (Å²) in [6.07, 6.45) is 4.13. The van der Waals surface area contributed by atoms with Gasteiger partial charge in [0.15, 0.2) is 0 Å². The van der Waals surface area contributed by atoms with Crippen LogP contribution in [-0.4, -0.2) is 27.4 Å². The van der Waals surface area contributed by atoms with Gasteiger partial charge in [-0.2, -0.15) is 0 Å². The molecule has 0 fully saturated rings. The third-order valence-electron chi connectivity index (χ3n) is 4.58. The van der Waals surface area contributed by atoms with Crippen LogP contribution >= 0.6 is 0 Å². The third kappa shape index (κ3) is 4.01. The minimum atomic E-state index is -0.214. The molecule has 3 N–H and O–H groups in total. The molecule has 0 radical (unpaired) electrons. The van der Waals surface area contributed by atoms with Gasteiger partial charge in [-0.25, -0.2) is 9.97 Å². The molecule has 140 valence electrons. The molecule has 28 heavy (non-hydrogen) atoms. The topological polar surface area (TPSA) is 82.7 Å². The number of carbonyl (C=O) groups is 1. The van der Waals surface area contributed by atoms with Gasteiger partial charge in [-0.05, 0) is 37.1 Å². The second-order valence-corrected chi connectivity index (χ2v) is 6.64. The molecule has 2 heterocycles. The number of anilines is 2. The summed E-state index contributed by atoms with van der Waals surface area (Å²) < 4.78 is 0. The second kappa shape index (κ2) is 7.92. The van der Waals surface area contributed by atoms with Gasteiger partial charge in [0.05, 0.1) is 0 Å². The van der Waals surface area contributed by atoms with Crippen molar-refractivity contribution in [3.8, 4) is 0 Å². The largest absolute Gasteiger partial charge is 0.361 e. The number of nitrogens with zero attached hydrogens (tertiary/aromatic N) is 2. The lowest BCUT2D eigenvalue weighted by atomic mass is 10.1. The first-order valence-corrected chi connectivity index (χ1v) is 9.18. The SMILES string of the molecule is Cc1ccc(Nc2cc(C(=O)NCCc3c[nH]c4ccccc34)ncn2)cc1. The number of para-hydroxylation sites is 1. The van der Waals surface area contributed by atoms with E-state index in [1.54, 1.807) is 6.07 Å². The van der Waals surface area contributed by atoms with Gasteiger partial charge >= 0.3 is 0 Å². The summed E-state index contributed by atoms with van der Waals surface area (Å²) in [5.41, 5.74) is 4.72. The van der Waals surface area contributed by atoms with Crippen LogP contribution < -0.4 is 10.6 Å². The van der Waals surface area contributed by atoms with Crippen molar-refractivity contribution in [3.63, 3.8) is 0 Å². The Morgan fingerprint density at radius 1 is 1.07 bits per heavy atom. The number of carbonyl (C=O) groups excluding carboxylic acids is 1. The standard InChI is InChI=1S/C22H21N5O/c1-15-6-8-17(9-7-15)27-21-12-20(25-14-26-21)22(28)23-11-10-16-13-24-19-5-3-2-4-18(16)19/h2-9,12-14,24H,10-11H2,1H3,(H,23,28)(H,25,26,27). The Morgan fingerprint density at radius 2 is 1.89 bits per heavy atom. The lowest BCUT2D eigenvalue weighted by molar-refractivity contribution is 0.0949. The van der Waals surface area contributed by atoms with Crippen molar-refractivity contribution in [1.82, 2.24) is 20.3 Å². The smallest absolute Gasteiger partial charge is 0.270 e. The average molecular weight is 371 g/mol. The monoisotopic (exact) mass is 371 g/mol. The number of hydrogen-bond donors (Lipinski definition) is 3. The van der Waals surface area contributed by atoms with Crippen LogP contribution in [-0.2, 0) is 6.42 Å². The first-order chi connectivity index (χ1) is 13.7. The van der Waals surface area contributed by atoms with Gasteiger partial charge < -0.3 is 15.6 Å². The Hall–Kier alpha value is -3.67. The van der Waals surface area contributed by atoms with Gasteiger partial charge in [-0.15, -0.1) is 0 Å². The number of rotatable bonds is 6. The molecule has 4 rings (SSSR count). The van der Waals surface area contributed by atoms with E-state index in [4.69, 9.17) is 0 Å². The van der Waals surface area contributed by atoms with E-state index in [0.717, 1.165) is 17.6 Å². The number of H-pyrrole nitrogens is 1. The number of hydrogen-bond acceptors (Lipinski definition) is 4. The molecule has 1 amide bonds. The summed E-state index contributed by atoms with van der Waals surface area (Å²) in [5.74, 6) is 0.370. The third-order valence-corrected chi connectivity index (χ3v) is 4.58. The Labute approximate surface area is 163 Å². The molecular weight excluding hydrogens is 350 g/mol. The molecule has 0 spiro atoms. The highest BCUT2D eigenvalue weighted by Crippen LogP contribution is 2.18. The summed E-state index contributed by atoms with van der Waals surface area (Å²) in [4.78, 5) is 24.0. The zero-order chi connectivity index (χ0) is 19.3. The van der Waals surface area contributed by atoms with Gasteiger partial charge in [-0.1, -0.05) is 35.9 Å². The fraction of sp³-hybridized carbons (Fsp3) is 0.136. The predicted molar refractivity (Wildman–Crippen MR) is 111 cm³/mol. The van der Waals surface area contributed by atoms with E-state index in [1.165, 1.54) is 22.8 Å². The molecule has 6 heteroatoms. The molecule has 2 aromatic carbocycles. The van der Waals surface area contributed by atoms with Crippen LogP contribution in [0.2, 0.25) is 0 Å². The highest BCUT2D eigenvalue weighted by atomic mass is 16.1. The van der Waals surface area contributed by atoms with Crippen LogP contribution in [0.15, 0.2) is 67.1 Å². The molecule has 6 nitrogen and oxygen atoms in total. The second-order valence-electron chi connectivity index (χ2n) is 6.64. The first-order valence-electron chi connectivity index (χ1n) is 9.18. The van der Waals surface area contributed by atoms with Crippen LogP contribution in [0.5, 0.6) is 0 Å². The fourth-order valence-corrected chi connectivity index (χ4v) is 3.07. The maximum Gasteiger partial charge on any atom is 0.270 e. The van der Waals surface area contributed by atoms with Crippen LogP contribution in [0.1, 0.15) is 21.6 Å². The molecule has 0 bridgehead atoms. The van der Waals surface area contributed by atoms with Gasteiger partial charge in [0.2, 0.25) is 0 Å². The van der Waals surface area contributed by atoms with Crippen molar-refractivity contribution in [3.05, 3.63) is 83.9 Å². The van der Waals surface area contributed by atoms with Gasteiger partial charge in [0.1, 0.15) is 17.8 Å². The molecular formula is C22H21N5O. The molecule has 0 saturated carbocycles. The molecule has 0 aliphatic heterocycles. The van der Waals surface area contributed by atoms with E-state index in [1.807, 2.05) is 55.6 Å². The van der Waals surface area contributed by atoms with Gasteiger partial charge in [0, 0.05) is 35.4 Å². The Balaban J connectivity index is 1.37. The minimum absolute atomic E-state index is 0.214. The first kappa shape index (κ1) is 17.7. The van der Waals surface area contributed by atoms with E-state index in [2.05, 4.69) is 31.7 Å². The number of aryl methyl sites for hydroxylation is 1. The normalized spacial score (nSPS) is 10.8. The van der Waals surface area contributed by atoms with Crippen molar-refractivity contribution in [2.45, 2.75) is 13.3 Å². The molecule has 0 aliphatic carbocycles. The van der Waals surface area contributed by atoms with Crippen LogP contribution in [0.3, 0.4) is 0 Å². The highest BCUT2D eigenvalue weighted by Gasteiger charge is 2.09. The van der Waals surface area contributed by atoms with E-state index in [0.29, 0.717) is 18.1 Å². The van der Waals surface area contributed by atoms with Crippen molar-refractivity contribution < 1.29 is 4.79 Å². The Kier molecular flexibility index (Phi) is 5.01. The van der Waals surface area contributed by atoms with Gasteiger partial charge in [0.25, 0.3) is 5.91 Å². The number of aromatic nitrogens is 3. The van der Waals surface area contributed by atoms with Crippen LogP contribution in [0, 0.1) is 6.92 Å². The highest BCUT2D eigenvalue weighted by molar-refractivity contribution is 5.93. The lowest BCUT2D eigenvalue weighted by Crippen LogP contribution is -2.26. The van der Waals surface area contributed by atoms with Crippen molar-refractivity contribution in [2.24, 2.45) is 0 Å². The molecule has 0 saturated heterocycles. The fourth-order valence-electron chi connectivity index (χ4n) is 3.07. The quantitative estimate of drug-likeness (QED) is 0.479. The van der Waals surface area contributed by atoms with E-state index in [-0.39, 0.29) is 5.91 Å². The summed E-state index contributed by atoms with van der Waals surface area (Å²) in [6.45, 7) is 2.57. The summed E-state index contributed by atoms with van der Waals surface area (Å²) in [5, 5.41) is 7.30. The van der Waals surface area contributed by atoms with E-state index in [9.17, 15) is 4.79 Å². The molecule has 0 atom stereocenters. The van der Waals surface area contributed by atoms with Crippen LogP contribution in [0.4, 0.5) is 11.5 Å². The zero-order valence-electron chi connectivity index (χ0n) is 15.6. The van der Waals surface area contributed by atoms with E-state index < -0.39 is 0 Å². The number of benzene rings is 2. The zero-order valence-corrected chi connectivity index (χ0v) is 15.6. The Bertz CT molecular complexity index is 1100. The molecule has 0 aliphatic rings. The number of aromatic amines is 1. The van der Waals surface area contributed by atoms with E-state index >= 15 is 0 Å². The maximum absolute atomic E-state index is 12.4. The molecule has 4 aromatic rings. The van der Waals surface area contributed by atoms with Crippen molar-refractivity contribution in [1.29, 1.82) is 0 Å². The van der Waals surface area contributed by atoms with Crippen molar-refractivity contribution in [2.75, 3.05) is 11.9 Å². The van der Waals surface area contributed by atoms with Gasteiger partial charge in [-0.3, -0.25) is 4.79 Å². The van der Waals surface area contributed by atoms with Crippen LogP contribution in [0.25, 0.3) is 10.9 Å². The Morgan fingerprint density at radius 3 is 2.75 bits per heavy atom. The van der Waals surface area contributed by atoms with Crippen molar-refractivity contribution >= 4 is 28.3 Å². The number of fused-ring (bicyclic) bond motifs is 1. The molecule has 2 aromatic heterocycles. The average Bonchev–Trinajstić information content (AvgIpc) is 3.13. The maximum atomic E-state index is 12.4. The number of amides is 1. The summed E-state index contributed by atoms with van der Waals surface area (Å²) in [6, 6.07) is 17.8. The summed E-state index contributed by atoms with van der Waals surface area (Å²) in [7, 11) is 0. The predicted octanol–water partition coefficient (Wildman–Crippen LogP) is 3.98. The minimum Gasteiger partial charge on any atom is -0.361 e. The molecule has 0 unspecified atom stereocenters.